The molecule has 2 aromatic rings. The van der Waals surface area contributed by atoms with Crippen LogP contribution in [0.15, 0.2) is 52.7 Å². The highest BCUT2D eigenvalue weighted by Crippen LogP contribution is 2.27. The minimum Gasteiger partial charge on any atom is -0.326 e. The summed E-state index contributed by atoms with van der Waals surface area (Å²) in [6, 6.07) is 11.9. The molecule has 1 heterocycles. The van der Waals surface area contributed by atoms with E-state index >= 15 is 0 Å². The molecular weight excluding hydrogens is 473 g/mol. The van der Waals surface area contributed by atoms with Crippen LogP contribution in [0.2, 0.25) is 10.0 Å². The van der Waals surface area contributed by atoms with Gasteiger partial charge in [-0.25, -0.2) is 0 Å². The van der Waals surface area contributed by atoms with Crippen LogP contribution in [0.5, 0.6) is 0 Å². The first-order chi connectivity index (χ1) is 15.2. The summed E-state index contributed by atoms with van der Waals surface area (Å²) in [6.45, 7) is 3.19. The SMILES string of the molecule is CC(=O)Nc1cccc(C(C)=NN=C2NC(=O)C(CC(=O)Nc3ccc(Cl)cc3Cl)S2)c1. The molecule has 0 saturated carbocycles. The van der Waals surface area contributed by atoms with Gasteiger partial charge >= 0.3 is 0 Å². The number of nitrogens with one attached hydrogen (secondary N) is 3. The molecule has 1 saturated heterocycles. The van der Waals surface area contributed by atoms with Gasteiger partial charge < -0.3 is 16.0 Å². The van der Waals surface area contributed by atoms with Crippen LogP contribution in [-0.2, 0) is 14.4 Å². The molecule has 0 bridgehead atoms. The van der Waals surface area contributed by atoms with E-state index in [9.17, 15) is 14.4 Å². The van der Waals surface area contributed by atoms with Gasteiger partial charge in [-0.15, -0.1) is 5.10 Å². The van der Waals surface area contributed by atoms with Crippen LogP contribution in [-0.4, -0.2) is 33.9 Å². The number of amidine groups is 1. The number of hydrogen-bond acceptors (Lipinski definition) is 6. The molecule has 3 amide bonds. The Balaban J connectivity index is 1.62. The maximum atomic E-state index is 12.3. The second kappa shape index (κ2) is 10.6. The van der Waals surface area contributed by atoms with Gasteiger partial charge in [-0.3, -0.25) is 14.4 Å². The number of nitrogens with zero attached hydrogens (tertiary/aromatic N) is 2. The fourth-order valence-corrected chi connectivity index (χ4v) is 4.12. The molecule has 0 aromatic heterocycles. The summed E-state index contributed by atoms with van der Waals surface area (Å²) in [5, 5.41) is 16.7. The Hall–Kier alpha value is -2.88. The summed E-state index contributed by atoms with van der Waals surface area (Å²) in [6.07, 6.45) is -0.0596. The van der Waals surface area contributed by atoms with Gasteiger partial charge in [-0.1, -0.05) is 47.1 Å². The van der Waals surface area contributed by atoms with E-state index in [0.29, 0.717) is 32.3 Å². The number of carbonyl (C=O) groups excluding carboxylic acids is 3. The second-order valence-corrected chi connectivity index (χ2v) is 8.86. The molecule has 1 atom stereocenters. The summed E-state index contributed by atoms with van der Waals surface area (Å²) < 4.78 is 0. The quantitative estimate of drug-likeness (QED) is 0.413. The van der Waals surface area contributed by atoms with E-state index in [2.05, 4.69) is 26.2 Å². The van der Waals surface area contributed by atoms with Crippen molar-refractivity contribution in [2.75, 3.05) is 10.6 Å². The molecule has 3 rings (SSSR count). The highest BCUT2D eigenvalue weighted by atomic mass is 35.5. The van der Waals surface area contributed by atoms with E-state index in [1.807, 2.05) is 6.07 Å². The fraction of sp³-hybridized carbons (Fsp3) is 0.190. The van der Waals surface area contributed by atoms with Crippen LogP contribution in [0.4, 0.5) is 11.4 Å². The lowest BCUT2D eigenvalue weighted by molar-refractivity contribution is -0.122. The zero-order chi connectivity index (χ0) is 23.3. The Morgan fingerprint density at radius 1 is 1.12 bits per heavy atom. The smallest absolute Gasteiger partial charge is 0.240 e. The van der Waals surface area contributed by atoms with Gasteiger partial charge in [0.05, 0.1) is 16.4 Å². The summed E-state index contributed by atoms with van der Waals surface area (Å²) in [4.78, 5) is 35.8. The molecule has 1 unspecified atom stereocenters. The van der Waals surface area contributed by atoms with Gasteiger partial charge in [0, 0.05) is 24.1 Å². The van der Waals surface area contributed by atoms with Crippen molar-refractivity contribution in [1.29, 1.82) is 0 Å². The van der Waals surface area contributed by atoms with Crippen molar-refractivity contribution in [1.82, 2.24) is 5.32 Å². The molecule has 2 aromatic carbocycles. The first kappa shape index (κ1) is 23.8. The van der Waals surface area contributed by atoms with Crippen LogP contribution in [0.3, 0.4) is 0 Å². The molecule has 1 aliphatic rings. The highest BCUT2D eigenvalue weighted by molar-refractivity contribution is 8.15. The largest absolute Gasteiger partial charge is 0.326 e. The van der Waals surface area contributed by atoms with Crippen LogP contribution in [0.1, 0.15) is 25.8 Å². The normalized spacial score (nSPS) is 17.2. The predicted molar refractivity (Wildman–Crippen MR) is 130 cm³/mol. The number of halogens is 2. The molecule has 166 valence electrons. The molecule has 8 nitrogen and oxygen atoms in total. The third kappa shape index (κ3) is 6.56. The zero-order valence-corrected chi connectivity index (χ0v) is 19.4. The van der Waals surface area contributed by atoms with Crippen molar-refractivity contribution < 1.29 is 14.4 Å². The monoisotopic (exact) mass is 491 g/mol. The standard InChI is InChI=1S/C21H19Cl2N5O3S/c1-11(13-4-3-5-15(8-13)24-12(2)29)27-28-21-26-20(31)18(32-21)10-19(30)25-17-7-6-14(22)9-16(17)23/h3-9,18H,10H2,1-2H3,(H,24,29)(H,25,30)(H,26,28,31). The molecule has 11 heteroatoms. The number of amides is 3. The van der Waals surface area contributed by atoms with Crippen molar-refractivity contribution in [3.05, 3.63) is 58.1 Å². The maximum absolute atomic E-state index is 12.3. The maximum Gasteiger partial charge on any atom is 0.240 e. The van der Waals surface area contributed by atoms with Crippen molar-refractivity contribution in [2.45, 2.75) is 25.5 Å². The van der Waals surface area contributed by atoms with E-state index in [4.69, 9.17) is 23.2 Å². The lowest BCUT2D eigenvalue weighted by Crippen LogP contribution is -2.28. The first-order valence-corrected chi connectivity index (χ1v) is 11.1. The van der Waals surface area contributed by atoms with Gasteiger partial charge in [-0.2, -0.15) is 5.10 Å². The molecular formula is C21H19Cl2N5O3S. The van der Waals surface area contributed by atoms with Crippen molar-refractivity contribution in [3.63, 3.8) is 0 Å². The zero-order valence-electron chi connectivity index (χ0n) is 17.1. The van der Waals surface area contributed by atoms with Crippen molar-refractivity contribution in [2.24, 2.45) is 10.2 Å². The highest BCUT2D eigenvalue weighted by Gasteiger charge is 2.32. The Morgan fingerprint density at radius 2 is 1.91 bits per heavy atom. The molecule has 0 radical (unpaired) electrons. The Labute approximate surface area is 198 Å². The van der Waals surface area contributed by atoms with E-state index in [-0.39, 0.29) is 24.1 Å². The summed E-state index contributed by atoms with van der Waals surface area (Å²) >= 11 is 13.0. The third-order valence-corrected chi connectivity index (χ3v) is 5.86. The van der Waals surface area contributed by atoms with Gasteiger partial charge in [-0.05, 0) is 42.8 Å². The third-order valence-electron chi connectivity index (χ3n) is 4.24. The van der Waals surface area contributed by atoms with Crippen LogP contribution in [0, 0.1) is 0 Å². The lowest BCUT2D eigenvalue weighted by Gasteiger charge is -2.09. The minimum absolute atomic E-state index is 0.0596. The fourth-order valence-electron chi connectivity index (χ4n) is 2.75. The van der Waals surface area contributed by atoms with Crippen LogP contribution >= 0.6 is 35.0 Å². The average Bonchev–Trinajstić information content (AvgIpc) is 3.07. The topological polar surface area (TPSA) is 112 Å². The Bertz CT molecular complexity index is 1140. The molecule has 32 heavy (non-hydrogen) atoms. The number of anilines is 2. The van der Waals surface area contributed by atoms with Gasteiger partial charge in [0.15, 0.2) is 5.17 Å². The van der Waals surface area contributed by atoms with Gasteiger partial charge in [0.1, 0.15) is 5.25 Å². The number of thioether (sulfide) groups is 1. The first-order valence-electron chi connectivity index (χ1n) is 9.44. The van der Waals surface area contributed by atoms with E-state index in [0.717, 1.165) is 17.3 Å². The van der Waals surface area contributed by atoms with Crippen LogP contribution < -0.4 is 16.0 Å². The van der Waals surface area contributed by atoms with Gasteiger partial charge in [0.2, 0.25) is 17.7 Å². The Kier molecular flexibility index (Phi) is 7.89. The number of rotatable bonds is 6. The molecule has 0 spiro atoms. The Morgan fingerprint density at radius 3 is 2.62 bits per heavy atom. The number of carbonyl (C=O) groups is 3. The molecule has 3 N–H and O–H groups in total. The summed E-state index contributed by atoms with van der Waals surface area (Å²) in [5.41, 5.74) is 2.43. The van der Waals surface area contributed by atoms with Gasteiger partial charge in [0.25, 0.3) is 0 Å². The summed E-state index contributed by atoms with van der Waals surface area (Å²) in [5.74, 6) is -0.861. The van der Waals surface area contributed by atoms with E-state index in [1.54, 1.807) is 37.3 Å². The molecule has 0 aliphatic carbocycles. The van der Waals surface area contributed by atoms with Crippen LogP contribution in [0.25, 0.3) is 0 Å². The molecule has 1 fully saturated rings. The predicted octanol–water partition coefficient (Wildman–Crippen LogP) is 4.29. The van der Waals surface area contributed by atoms with Crippen molar-refractivity contribution >= 4 is 74.9 Å². The second-order valence-electron chi connectivity index (χ2n) is 6.82. The van der Waals surface area contributed by atoms with E-state index in [1.165, 1.54) is 13.0 Å². The minimum atomic E-state index is -0.640. The summed E-state index contributed by atoms with van der Waals surface area (Å²) in [7, 11) is 0. The van der Waals surface area contributed by atoms with Crippen molar-refractivity contribution in [3.8, 4) is 0 Å². The number of benzene rings is 2. The van der Waals surface area contributed by atoms with E-state index < -0.39 is 5.25 Å². The molecule has 1 aliphatic heterocycles. The number of hydrogen-bond donors (Lipinski definition) is 3. The average molecular weight is 492 g/mol. The lowest BCUT2D eigenvalue weighted by atomic mass is 10.1.